The summed E-state index contributed by atoms with van der Waals surface area (Å²) in [7, 11) is 1.72. The van der Waals surface area contributed by atoms with Crippen LogP contribution in [0.4, 0.5) is 0 Å². The second-order valence-corrected chi connectivity index (χ2v) is 6.15. The van der Waals surface area contributed by atoms with Crippen LogP contribution in [0.1, 0.15) is 84.1 Å². The van der Waals surface area contributed by atoms with Crippen molar-refractivity contribution in [1.82, 2.24) is 10.2 Å². The second kappa shape index (κ2) is 9.04. The Balaban J connectivity index is 2.72. The number of nitrogens with zero attached hydrogens (tertiary/aromatic N) is 1. The van der Waals surface area contributed by atoms with Crippen molar-refractivity contribution in [3.63, 3.8) is 0 Å². The molecule has 1 rings (SSSR count). The van der Waals surface area contributed by atoms with Gasteiger partial charge < -0.3 is 4.74 Å². The van der Waals surface area contributed by atoms with Crippen molar-refractivity contribution >= 4 is 0 Å². The number of ether oxygens (including phenoxy) is 1. The Kier molecular flexibility index (Phi) is 7.71. The van der Waals surface area contributed by atoms with E-state index in [1.165, 1.54) is 63.4 Å². The van der Waals surface area contributed by atoms with Gasteiger partial charge in [0.15, 0.2) is 0 Å². The van der Waals surface area contributed by atoms with Gasteiger partial charge in [-0.05, 0) is 18.3 Å². The zero-order chi connectivity index (χ0) is 14.8. The van der Waals surface area contributed by atoms with E-state index in [-0.39, 0.29) is 5.41 Å². The molecule has 0 amide bonds. The smallest absolute Gasteiger partial charge is 0.212 e. The van der Waals surface area contributed by atoms with Crippen molar-refractivity contribution < 1.29 is 4.74 Å². The summed E-state index contributed by atoms with van der Waals surface area (Å²) in [6, 6.07) is 0. The Labute approximate surface area is 124 Å². The normalized spacial score (nSPS) is 14.2. The molecular weight excluding hydrogens is 248 g/mol. The number of rotatable bonds is 11. The summed E-state index contributed by atoms with van der Waals surface area (Å²) in [5, 5.41) is 7.16. The standard InChI is InChI=1S/C17H32N2O/c1-5-7-9-11-13-17(3,12-10-8-6-2)15-14-18-19-16(15)20-4/h14H,5-13H2,1-4H3,(H,18,19). The van der Waals surface area contributed by atoms with Crippen molar-refractivity contribution in [3.8, 4) is 5.88 Å². The van der Waals surface area contributed by atoms with E-state index in [0.717, 1.165) is 5.88 Å². The Hall–Kier alpha value is -0.990. The van der Waals surface area contributed by atoms with Crippen LogP contribution in [0.25, 0.3) is 0 Å². The van der Waals surface area contributed by atoms with Crippen LogP contribution >= 0.6 is 0 Å². The van der Waals surface area contributed by atoms with E-state index < -0.39 is 0 Å². The number of hydrogen-bond donors (Lipinski definition) is 1. The van der Waals surface area contributed by atoms with Crippen molar-refractivity contribution in [2.45, 2.75) is 84.0 Å². The first-order chi connectivity index (χ1) is 9.68. The highest BCUT2D eigenvalue weighted by Gasteiger charge is 2.30. The predicted molar refractivity (Wildman–Crippen MR) is 85.4 cm³/mol. The van der Waals surface area contributed by atoms with E-state index in [1.807, 2.05) is 6.20 Å². The largest absolute Gasteiger partial charge is 0.481 e. The highest BCUT2D eigenvalue weighted by Crippen LogP contribution is 2.39. The first-order valence-electron chi connectivity index (χ1n) is 8.25. The van der Waals surface area contributed by atoms with Crippen LogP contribution in [0.2, 0.25) is 0 Å². The number of hydrogen-bond acceptors (Lipinski definition) is 2. The molecule has 0 radical (unpaired) electrons. The highest BCUT2D eigenvalue weighted by atomic mass is 16.5. The van der Waals surface area contributed by atoms with Crippen molar-refractivity contribution in [2.75, 3.05) is 7.11 Å². The Morgan fingerprint density at radius 1 is 1.05 bits per heavy atom. The topological polar surface area (TPSA) is 37.9 Å². The summed E-state index contributed by atoms with van der Waals surface area (Å²) < 4.78 is 5.45. The third kappa shape index (κ3) is 4.84. The van der Waals surface area contributed by atoms with Gasteiger partial charge in [-0.15, -0.1) is 0 Å². The fraction of sp³-hybridized carbons (Fsp3) is 0.824. The molecule has 0 aliphatic rings. The van der Waals surface area contributed by atoms with E-state index in [1.54, 1.807) is 7.11 Å². The summed E-state index contributed by atoms with van der Waals surface area (Å²) in [5.41, 5.74) is 1.45. The molecule has 0 aromatic carbocycles. The maximum absolute atomic E-state index is 5.45. The molecule has 0 saturated carbocycles. The molecular formula is C17H32N2O. The molecule has 3 heteroatoms. The van der Waals surface area contributed by atoms with Crippen LogP contribution in [0, 0.1) is 0 Å². The summed E-state index contributed by atoms with van der Waals surface area (Å²) in [4.78, 5) is 0. The van der Waals surface area contributed by atoms with Gasteiger partial charge in [0, 0.05) is 5.56 Å². The third-order valence-corrected chi connectivity index (χ3v) is 4.37. The lowest BCUT2D eigenvalue weighted by atomic mass is 9.75. The van der Waals surface area contributed by atoms with Gasteiger partial charge in [-0.25, -0.2) is 5.10 Å². The molecule has 0 saturated heterocycles. The first-order valence-corrected chi connectivity index (χ1v) is 8.25. The van der Waals surface area contributed by atoms with Gasteiger partial charge in [0.05, 0.1) is 13.3 Å². The monoisotopic (exact) mass is 280 g/mol. The quantitative estimate of drug-likeness (QED) is 0.564. The molecule has 0 spiro atoms. The molecule has 0 aliphatic heterocycles. The van der Waals surface area contributed by atoms with Crippen LogP contribution < -0.4 is 4.74 Å². The van der Waals surface area contributed by atoms with E-state index in [0.29, 0.717) is 0 Å². The van der Waals surface area contributed by atoms with Crippen LogP contribution in [0.3, 0.4) is 0 Å². The van der Waals surface area contributed by atoms with Gasteiger partial charge >= 0.3 is 0 Å². The SMILES string of the molecule is CCCCCCC(C)(CCCCC)c1cn[nH]c1OC. The predicted octanol–water partition coefficient (Wildman–Crippen LogP) is 5.23. The van der Waals surface area contributed by atoms with Crippen LogP contribution in [0.15, 0.2) is 6.20 Å². The maximum atomic E-state index is 5.45. The van der Waals surface area contributed by atoms with E-state index in [4.69, 9.17) is 4.74 Å². The maximum Gasteiger partial charge on any atom is 0.212 e. The van der Waals surface area contributed by atoms with Crippen molar-refractivity contribution in [3.05, 3.63) is 11.8 Å². The van der Waals surface area contributed by atoms with Crippen LogP contribution in [-0.2, 0) is 5.41 Å². The molecule has 1 heterocycles. The van der Waals surface area contributed by atoms with Gasteiger partial charge in [0.25, 0.3) is 0 Å². The molecule has 1 N–H and O–H groups in total. The second-order valence-electron chi connectivity index (χ2n) is 6.15. The van der Waals surface area contributed by atoms with E-state index in [9.17, 15) is 0 Å². The number of methoxy groups -OCH3 is 1. The molecule has 1 aromatic rings. The van der Waals surface area contributed by atoms with E-state index >= 15 is 0 Å². The summed E-state index contributed by atoms with van der Waals surface area (Å²) in [5.74, 6) is 0.847. The molecule has 1 atom stereocenters. The molecule has 0 fully saturated rings. The minimum absolute atomic E-state index is 0.196. The Morgan fingerprint density at radius 3 is 2.25 bits per heavy atom. The van der Waals surface area contributed by atoms with Crippen LogP contribution in [-0.4, -0.2) is 17.3 Å². The Morgan fingerprint density at radius 2 is 1.65 bits per heavy atom. The van der Waals surface area contributed by atoms with Crippen LogP contribution in [0.5, 0.6) is 5.88 Å². The molecule has 116 valence electrons. The highest BCUT2D eigenvalue weighted by molar-refractivity contribution is 5.31. The first kappa shape index (κ1) is 17.1. The molecule has 0 bridgehead atoms. The molecule has 20 heavy (non-hydrogen) atoms. The third-order valence-electron chi connectivity index (χ3n) is 4.37. The number of H-pyrrole nitrogens is 1. The fourth-order valence-corrected chi connectivity index (χ4v) is 2.96. The number of unbranched alkanes of at least 4 members (excludes halogenated alkanes) is 5. The van der Waals surface area contributed by atoms with Crippen molar-refractivity contribution in [1.29, 1.82) is 0 Å². The van der Waals surface area contributed by atoms with Gasteiger partial charge in [-0.3, -0.25) is 0 Å². The molecule has 3 nitrogen and oxygen atoms in total. The van der Waals surface area contributed by atoms with Crippen molar-refractivity contribution in [2.24, 2.45) is 0 Å². The molecule has 1 aromatic heterocycles. The van der Waals surface area contributed by atoms with E-state index in [2.05, 4.69) is 31.0 Å². The van der Waals surface area contributed by atoms with Gasteiger partial charge in [-0.2, -0.15) is 5.10 Å². The lowest BCUT2D eigenvalue weighted by Gasteiger charge is -2.29. The summed E-state index contributed by atoms with van der Waals surface area (Å²) in [6.07, 6.45) is 13.5. The number of aromatic nitrogens is 2. The number of nitrogens with one attached hydrogen (secondary N) is 1. The lowest BCUT2D eigenvalue weighted by Crippen LogP contribution is -2.22. The minimum Gasteiger partial charge on any atom is -0.481 e. The summed E-state index contributed by atoms with van der Waals surface area (Å²) in [6.45, 7) is 6.90. The van der Waals surface area contributed by atoms with Gasteiger partial charge in [0.1, 0.15) is 0 Å². The zero-order valence-electron chi connectivity index (χ0n) is 13.8. The lowest BCUT2D eigenvalue weighted by molar-refractivity contribution is 0.335. The molecule has 0 aliphatic carbocycles. The van der Waals surface area contributed by atoms with Gasteiger partial charge in [-0.1, -0.05) is 65.7 Å². The average Bonchev–Trinajstić information content (AvgIpc) is 2.93. The fourth-order valence-electron chi connectivity index (χ4n) is 2.96. The minimum atomic E-state index is 0.196. The average molecular weight is 280 g/mol. The molecule has 1 unspecified atom stereocenters. The Bertz CT molecular complexity index is 362. The van der Waals surface area contributed by atoms with Gasteiger partial charge in [0.2, 0.25) is 5.88 Å². The number of aromatic amines is 1. The summed E-state index contributed by atoms with van der Waals surface area (Å²) >= 11 is 0. The zero-order valence-corrected chi connectivity index (χ0v) is 13.8.